The maximum absolute atomic E-state index is 12.3. The van der Waals surface area contributed by atoms with Gasteiger partial charge in [0.05, 0.1) is 17.1 Å². The van der Waals surface area contributed by atoms with E-state index in [-0.39, 0.29) is 17.9 Å². The number of urea groups is 1. The standard InChI is InChI=1S/C16H26N4O2S/c1-12(2)8-18-16(22)20-7-3-4-13(9-20)15(21)17-6-5-14-10-23-11-19-14/h10-13H,3-9H2,1-2H3,(H,17,21)(H,18,22). The molecule has 0 radical (unpaired) electrons. The number of amides is 3. The van der Waals surface area contributed by atoms with Crippen molar-refractivity contribution in [1.29, 1.82) is 0 Å². The zero-order valence-corrected chi connectivity index (χ0v) is 14.7. The van der Waals surface area contributed by atoms with E-state index in [0.717, 1.165) is 31.5 Å². The Morgan fingerprint density at radius 1 is 1.43 bits per heavy atom. The third-order valence-electron chi connectivity index (χ3n) is 3.90. The van der Waals surface area contributed by atoms with Gasteiger partial charge in [-0.05, 0) is 18.8 Å². The molecule has 3 amide bonds. The summed E-state index contributed by atoms with van der Waals surface area (Å²) in [6, 6.07) is -0.0568. The Bertz CT molecular complexity index is 504. The van der Waals surface area contributed by atoms with Crippen LogP contribution in [-0.4, -0.2) is 48.0 Å². The van der Waals surface area contributed by atoms with Gasteiger partial charge in [0.2, 0.25) is 5.91 Å². The molecule has 1 aliphatic heterocycles. The largest absolute Gasteiger partial charge is 0.355 e. The molecule has 0 aromatic carbocycles. The zero-order chi connectivity index (χ0) is 16.7. The maximum Gasteiger partial charge on any atom is 0.317 e. The minimum Gasteiger partial charge on any atom is -0.355 e. The number of nitrogens with one attached hydrogen (secondary N) is 2. The molecule has 2 rings (SSSR count). The van der Waals surface area contributed by atoms with Crippen molar-refractivity contribution in [1.82, 2.24) is 20.5 Å². The van der Waals surface area contributed by atoms with Gasteiger partial charge in [-0.15, -0.1) is 11.3 Å². The molecule has 0 spiro atoms. The first-order valence-corrected chi connectivity index (χ1v) is 9.18. The second-order valence-corrected chi connectivity index (χ2v) is 7.10. The molecule has 1 atom stereocenters. The third kappa shape index (κ3) is 5.82. The number of rotatable bonds is 6. The summed E-state index contributed by atoms with van der Waals surface area (Å²) in [5.74, 6) is 0.360. The molecule has 1 aliphatic rings. The van der Waals surface area contributed by atoms with Crippen LogP contribution in [0.3, 0.4) is 0 Å². The van der Waals surface area contributed by atoms with Gasteiger partial charge in [0.15, 0.2) is 0 Å². The van der Waals surface area contributed by atoms with Gasteiger partial charge in [0.1, 0.15) is 0 Å². The van der Waals surface area contributed by atoms with Crippen molar-refractivity contribution >= 4 is 23.3 Å². The molecule has 0 saturated carbocycles. The summed E-state index contributed by atoms with van der Waals surface area (Å²) in [5, 5.41) is 7.88. The number of carbonyl (C=O) groups is 2. The van der Waals surface area contributed by atoms with Crippen LogP contribution >= 0.6 is 11.3 Å². The summed E-state index contributed by atoms with van der Waals surface area (Å²) in [6.07, 6.45) is 2.47. The summed E-state index contributed by atoms with van der Waals surface area (Å²) in [6.45, 7) is 6.63. The van der Waals surface area contributed by atoms with E-state index in [1.807, 2.05) is 5.38 Å². The highest BCUT2D eigenvalue weighted by molar-refractivity contribution is 7.07. The molecule has 0 aliphatic carbocycles. The molecular formula is C16H26N4O2S. The van der Waals surface area contributed by atoms with Crippen molar-refractivity contribution in [2.24, 2.45) is 11.8 Å². The van der Waals surface area contributed by atoms with Gasteiger partial charge in [-0.1, -0.05) is 13.8 Å². The molecule has 1 saturated heterocycles. The van der Waals surface area contributed by atoms with E-state index in [2.05, 4.69) is 29.5 Å². The minimum absolute atomic E-state index is 0.0431. The van der Waals surface area contributed by atoms with Gasteiger partial charge in [-0.3, -0.25) is 4.79 Å². The van der Waals surface area contributed by atoms with Crippen molar-refractivity contribution in [3.63, 3.8) is 0 Å². The van der Waals surface area contributed by atoms with Crippen LogP contribution < -0.4 is 10.6 Å². The average molecular weight is 338 g/mol. The SMILES string of the molecule is CC(C)CNC(=O)N1CCCC(C(=O)NCCc2cscn2)C1. The highest BCUT2D eigenvalue weighted by Gasteiger charge is 2.28. The lowest BCUT2D eigenvalue weighted by molar-refractivity contribution is -0.126. The lowest BCUT2D eigenvalue weighted by atomic mass is 9.97. The van der Waals surface area contributed by atoms with E-state index in [4.69, 9.17) is 0 Å². The smallest absolute Gasteiger partial charge is 0.317 e. The number of nitrogens with zero attached hydrogens (tertiary/aromatic N) is 2. The van der Waals surface area contributed by atoms with Crippen molar-refractivity contribution in [3.8, 4) is 0 Å². The van der Waals surface area contributed by atoms with Crippen LogP contribution in [0.4, 0.5) is 4.79 Å². The van der Waals surface area contributed by atoms with Crippen LogP contribution in [0.2, 0.25) is 0 Å². The van der Waals surface area contributed by atoms with Gasteiger partial charge < -0.3 is 15.5 Å². The molecule has 2 heterocycles. The van der Waals surface area contributed by atoms with E-state index >= 15 is 0 Å². The van der Waals surface area contributed by atoms with Crippen molar-refractivity contribution in [3.05, 3.63) is 16.6 Å². The number of hydrogen-bond donors (Lipinski definition) is 2. The molecule has 0 bridgehead atoms. The molecule has 23 heavy (non-hydrogen) atoms. The Morgan fingerprint density at radius 2 is 2.26 bits per heavy atom. The molecule has 6 nitrogen and oxygen atoms in total. The van der Waals surface area contributed by atoms with Gasteiger partial charge in [-0.2, -0.15) is 0 Å². The van der Waals surface area contributed by atoms with Crippen LogP contribution in [0.1, 0.15) is 32.4 Å². The van der Waals surface area contributed by atoms with E-state index in [1.165, 1.54) is 0 Å². The Morgan fingerprint density at radius 3 is 2.96 bits per heavy atom. The van der Waals surface area contributed by atoms with Gasteiger partial charge in [-0.25, -0.2) is 9.78 Å². The number of piperidine rings is 1. The number of hydrogen-bond acceptors (Lipinski definition) is 4. The van der Waals surface area contributed by atoms with Gasteiger partial charge in [0, 0.05) is 38.0 Å². The van der Waals surface area contributed by atoms with E-state index in [9.17, 15) is 9.59 Å². The van der Waals surface area contributed by atoms with Crippen LogP contribution in [0.15, 0.2) is 10.9 Å². The summed E-state index contributed by atoms with van der Waals surface area (Å²) in [4.78, 5) is 30.4. The summed E-state index contributed by atoms with van der Waals surface area (Å²) >= 11 is 1.56. The van der Waals surface area contributed by atoms with Crippen LogP contribution in [0, 0.1) is 11.8 Å². The predicted octanol–water partition coefficient (Wildman–Crippen LogP) is 1.88. The quantitative estimate of drug-likeness (QED) is 0.832. The summed E-state index contributed by atoms with van der Waals surface area (Å²) in [5.41, 5.74) is 2.81. The first kappa shape index (κ1) is 17.7. The molecule has 2 N–H and O–H groups in total. The second-order valence-electron chi connectivity index (χ2n) is 6.39. The van der Waals surface area contributed by atoms with Gasteiger partial charge in [0.25, 0.3) is 0 Å². The Hall–Kier alpha value is -1.63. The zero-order valence-electron chi connectivity index (χ0n) is 13.9. The van der Waals surface area contributed by atoms with Crippen LogP contribution in [-0.2, 0) is 11.2 Å². The Labute approximate surface area is 141 Å². The van der Waals surface area contributed by atoms with Crippen LogP contribution in [0.5, 0.6) is 0 Å². The molecule has 1 unspecified atom stereocenters. The van der Waals surface area contributed by atoms with Crippen molar-refractivity contribution < 1.29 is 9.59 Å². The highest BCUT2D eigenvalue weighted by Crippen LogP contribution is 2.16. The van der Waals surface area contributed by atoms with Gasteiger partial charge >= 0.3 is 6.03 Å². The first-order valence-electron chi connectivity index (χ1n) is 8.23. The molecular weight excluding hydrogens is 312 g/mol. The fraction of sp³-hybridized carbons (Fsp3) is 0.688. The number of likely N-dealkylation sites (tertiary alicyclic amines) is 1. The predicted molar refractivity (Wildman–Crippen MR) is 91.4 cm³/mol. The van der Waals surface area contributed by atoms with Crippen LogP contribution in [0.25, 0.3) is 0 Å². The summed E-state index contributed by atoms with van der Waals surface area (Å²) < 4.78 is 0. The van der Waals surface area contributed by atoms with E-state index in [1.54, 1.807) is 21.7 Å². The Kier molecular flexibility index (Phi) is 6.83. The highest BCUT2D eigenvalue weighted by atomic mass is 32.1. The average Bonchev–Trinajstić information content (AvgIpc) is 3.06. The second kappa shape index (κ2) is 8.86. The Balaban J connectivity index is 1.73. The fourth-order valence-electron chi connectivity index (χ4n) is 2.60. The molecule has 128 valence electrons. The minimum atomic E-state index is -0.107. The number of carbonyl (C=O) groups excluding carboxylic acids is 2. The lowest BCUT2D eigenvalue weighted by Gasteiger charge is -2.32. The normalized spacial score (nSPS) is 18.0. The molecule has 1 fully saturated rings. The topological polar surface area (TPSA) is 74.3 Å². The van der Waals surface area contributed by atoms with E-state index < -0.39 is 0 Å². The molecule has 1 aromatic rings. The summed E-state index contributed by atoms with van der Waals surface area (Å²) in [7, 11) is 0. The van der Waals surface area contributed by atoms with Crippen molar-refractivity contribution in [2.75, 3.05) is 26.2 Å². The maximum atomic E-state index is 12.3. The monoisotopic (exact) mass is 338 g/mol. The fourth-order valence-corrected chi connectivity index (χ4v) is 3.19. The third-order valence-corrected chi connectivity index (χ3v) is 4.54. The molecule has 7 heteroatoms. The van der Waals surface area contributed by atoms with Crippen molar-refractivity contribution in [2.45, 2.75) is 33.1 Å². The number of thiazole rings is 1. The lowest BCUT2D eigenvalue weighted by Crippen LogP contribution is -2.49. The number of aromatic nitrogens is 1. The first-order chi connectivity index (χ1) is 11.1. The van der Waals surface area contributed by atoms with E-state index in [0.29, 0.717) is 25.6 Å². The molecule has 1 aromatic heterocycles.